The number of unbranched alkanes of at least 4 members (excludes halogenated alkanes) is 8. The fourth-order valence-electron chi connectivity index (χ4n) is 5.83. The Labute approximate surface area is 302 Å². The number of ether oxygens (including phenoxy) is 4. The zero-order valence-electron chi connectivity index (χ0n) is 30.3. The zero-order valence-corrected chi connectivity index (χ0v) is 30.3. The summed E-state index contributed by atoms with van der Waals surface area (Å²) in [7, 11) is 0. The second-order valence-corrected chi connectivity index (χ2v) is 13.3. The summed E-state index contributed by atoms with van der Waals surface area (Å²) in [6.45, 7) is 2.54. The van der Waals surface area contributed by atoms with Gasteiger partial charge in [0.2, 0.25) is 5.91 Å². The van der Waals surface area contributed by atoms with Gasteiger partial charge < -0.3 is 65.1 Å². The Morgan fingerprint density at radius 1 is 0.686 bits per heavy atom. The smallest absolute Gasteiger partial charge is 0.220 e. The highest BCUT2D eigenvalue weighted by molar-refractivity contribution is 5.76. The Kier molecular flexibility index (Phi) is 23.2. The first-order valence-corrected chi connectivity index (χ1v) is 18.7. The maximum atomic E-state index is 12.8. The second-order valence-electron chi connectivity index (χ2n) is 13.3. The van der Waals surface area contributed by atoms with E-state index in [4.69, 9.17) is 18.9 Å². The van der Waals surface area contributed by atoms with Crippen LogP contribution in [0.5, 0.6) is 0 Å². The fourth-order valence-corrected chi connectivity index (χ4v) is 5.83. The van der Waals surface area contributed by atoms with Gasteiger partial charge in [-0.1, -0.05) is 88.8 Å². The average molecular weight is 732 g/mol. The molecule has 0 saturated carbocycles. The molecule has 0 aromatic carbocycles. The lowest BCUT2D eigenvalue weighted by Crippen LogP contribution is -2.65. The number of amides is 1. The summed E-state index contributed by atoms with van der Waals surface area (Å²) in [5, 5.41) is 85.7. The van der Waals surface area contributed by atoms with Crippen molar-refractivity contribution in [2.75, 3.05) is 19.8 Å². The molecule has 14 heteroatoms. The van der Waals surface area contributed by atoms with Crippen LogP contribution >= 0.6 is 0 Å². The van der Waals surface area contributed by atoms with Crippen molar-refractivity contribution in [1.29, 1.82) is 0 Å². The molecule has 296 valence electrons. The van der Waals surface area contributed by atoms with Crippen LogP contribution in [0, 0.1) is 0 Å². The highest BCUT2D eigenvalue weighted by Crippen LogP contribution is 2.29. The van der Waals surface area contributed by atoms with E-state index >= 15 is 0 Å². The predicted octanol–water partition coefficient (Wildman–Crippen LogP) is 1.25. The summed E-state index contributed by atoms with van der Waals surface area (Å²) in [6, 6.07) is -0.928. The summed E-state index contributed by atoms with van der Waals surface area (Å²) >= 11 is 0. The van der Waals surface area contributed by atoms with Crippen LogP contribution in [0.1, 0.15) is 97.3 Å². The van der Waals surface area contributed by atoms with Crippen LogP contribution in [0.3, 0.4) is 0 Å². The number of carbonyl (C=O) groups excluding carboxylic acids is 1. The number of nitrogens with one attached hydrogen (secondary N) is 1. The van der Waals surface area contributed by atoms with Gasteiger partial charge in [0.25, 0.3) is 0 Å². The monoisotopic (exact) mass is 731 g/mol. The molecule has 12 unspecified atom stereocenters. The number of hydrogen-bond acceptors (Lipinski definition) is 13. The van der Waals surface area contributed by atoms with Gasteiger partial charge in [-0.25, -0.2) is 0 Å². The molecule has 51 heavy (non-hydrogen) atoms. The van der Waals surface area contributed by atoms with Crippen molar-refractivity contribution in [2.45, 2.75) is 171 Å². The normalized spacial score (nSPS) is 31.5. The summed E-state index contributed by atoms with van der Waals surface area (Å²) in [6.07, 6.45) is 6.97. The summed E-state index contributed by atoms with van der Waals surface area (Å²) < 4.78 is 22.4. The summed E-state index contributed by atoms with van der Waals surface area (Å²) in [5.74, 6) is -0.273. The van der Waals surface area contributed by atoms with E-state index in [2.05, 4.69) is 43.5 Å². The minimum absolute atomic E-state index is 0.264. The van der Waals surface area contributed by atoms with Crippen LogP contribution in [-0.2, 0) is 23.7 Å². The van der Waals surface area contributed by atoms with Gasteiger partial charge in [0, 0.05) is 6.42 Å². The third-order valence-corrected chi connectivity index (χ3v) is 9.06. The number of rotatable bonds is 25. The molecule has 2 rings (SSSR count). The van der Waals surface area contributed by atoms with Crippen LogP contribution < -0.4 is 5.32 Å². The number of aliphatic hydroxyl groups excluding tert-OH is 8. The quantitative estimate of drug-likeness (QED) is 0.0477. The number of allylic oxidation sites excluding steroid dienone is 5. The van der Waals surface area contributed by atoms with Crippen LogP contribution in [0.2, 0.25) is 0 Å². The molecule has 0 spiro atoms. The van der Waals surface area contributed by atoms with E-state index in [0.29, 0.717) is 12.8 Å². The minimum atomic E-state index is -1.79. The van der Waals surface area contributed by atoms with E-state index < -0.39 is 86.8 Å². The molecular formula is C37H65NO13. The van der Waals surface area contributed by atoms with Crippen molar-refractivity contribution in [3.8, 4) is 0 Å². The molecule has 2 saturated heterocycles. The topological polar surface area (TPSA) is 228 Å². The van der Waals surface area contributed by atoms with E-state index in [1.54, 1.807) is 6.08 Å². The maximum absolute atomic E-state index is 12.8. The number of aliphatic hydroxyl groups is 8. The first kappa shape index (κ1) is 45.4. The van der Waals surface area contributed by atoms with E-state index in [1.165, 1.54) is 12.8 Å². The molecule has 2 heterocycles. The van der Waals surface area contributed by atoms with Gasteiger partial charge in [0.15, 0.2) is 12.6 Å². The average Bonchev–Trinajstić information content (AvgIpc) is 3.12. The van der Waals surface area contributed by atoms with Crippen molar-refractivity contribution in [3.05, 3.63) is 36.5 Å². The van der Waals surface area contributed by atoms with E-state index in [-0.39, 0.29) is 18.9 Å². The van der Waals surface area contributed by atoms with Gasteiger partial charge in [-0.15, -0.1) is 0 Å². The number of hydrogen-bond donors (Lipinski definition) is 9. The van der Waals surface area contributed by atoms with Gasteiger partial charge in [-0.05, 0) is 38.5 Å². The van der Waals surface area contributed by atoms with E-state index in [0.717, 1.165) is 51.4 Å². The van der Waals surface area contributed by atoms with Crippen LogP contribution in [0.4, 0.5) is 0 Å². The SMILES string of the molecule is CCCC/C=C/CC/C=C/CC/C=C/C(O)C(COC1OC(CO)C(OC2OC(CO)C(O)C(O)C2O)C(O)C1O)NC(=O)CCCCCCC. The first-order valence-electron chi connectivity index (χ1n) is 18.7. The Hall–Kier alpha value is -1.79. The van der Waals surface area contributed by atoms with E-state index in [9.17, 15) is 45.6 Å². The molecule has 1 amide bonds. The van der Waals surface area contributed by atoms with Crippen LogP contribution in [0.15, 0.2) is 36.5 Å². The molecule has 2 aliphatic heterocycles. The van der Waals surface area contributed by atoms with Crippen molar-refractivity contribution in [3.63, 3.8) is 0 Å². The molecule has 0 aromatic rings. The zero-order chi connectivity index (χ0) is 37.6. The van der Waals surface area contributed by atoms with Gasteiger partial charge in [-0.3, -0.25) is 4.79 Å². The lowest BCUT2D eigenvalue weighted by molar-refractivity contribution is -0.359. The third kappa shape index (κ3) is 16.0. The van der Waals surface area contributed by atoms with E-state index in [1.807, 2.05) is 6.08 Å². The lowest BCUT2D eigenvalue weighted by Gasteiger charge is -2.46. The molecule has 2 aliphatic rings. The first-order chi connectivity index (χ1) is 24.6. The maximum Gasteiger partial charge on any atom is 0.220 e. The lowest BCUT2D eigenvalue weighted by atomic mass is 9.97. The standard InChI is InChI=1S/C37H65NO13/c1-3-5-7-9-10-11-12-13-14-15-17-18-20-26(41)25(38-29(42)21-19-16-8-6-4-2)24-48-36-34(47)32(45)35(28(23-40)50-36)51-37-33(46)31(44)30(43)27(22-39)49-37/h9-10,13-14,18,20,25-28,30-37,39-41,43-47H,3-8,11-12,15-17,19,21-24H2,1-2H3,(H,38,42)/b10-9+,14-13+,20-18+. The van der Waals surface area contributed by atoms with Crippen molar-refractivity contribution in [2.24, 2.45) is 0 Å². The van der Waals surface area contributed by atoms with Gasteiger partial charge >= 0.3 is 0 Å². The molecular weight excluding hydrogens is 666 g/mol. The van der Waals surface area contributed by atoms with Crippen LogP contribution in [0.25, 0.3) is 0 Å². The summed E-state index contributed by atoms with van der Waals surface area (Å²) in [5.41, 5.74) is 0. The largest absolute Gasteiger partial charge is 0.394 e. The molecule has 2 fully saturated rings. The molecule has 12 atom stereocenters. The Bertz CT molecular complexity index is 1010. The predicted molar refractivity (Wildman–Crippen MR) is 189 cm³/mol. The Balaban J connectivity index is 1.99. The van der Waals surface area contributed by atoms with Gasteiger partial charge in [0.1, 0.15) is 48.8 Å². The molecule has 14 nitrogen and oxygen atoms in total. The Morgan fingerprint density at radius 2 is 1.25 bits per heavy atom. The molecule has 0 aliphatic carbocycles. The fraction of sp³-hybridized carbons (Fsp3) is 0.811. The highest BCUT2D eigenvalue weighted by atomic mass is 16.7. The van der Waals surface area contributed by atoms with Gasteiger partial charge in [-0.2, -0.15) is 0 Å². The Morgan fingerprint density at radius 3 is 1.88 bits per heavy atom. The van der Waals surface area contributed by atoms with Crippen molar-refractivity contribution < 1.29 is 64.6 Å². The summed E-state index contributed by atoms with van der Waals surface area (Å²) in [4.78, 5) is 12.8. The molecule has 0 radical (unpaired) electrons. The highest BCUT2D eigenvalue weighted by Gasteiger charge is 2.50. The van der Waals surface area contributed by atoms with Crippen LogP contribution in [-0.4, -0.2) is 140 Å². The molecule has 0 aromatic heterocycles. The van der Waals surface area contributed by atoms with Crippen molar-refractivity contribution >= 4 is 5.91 Å². The number of carbonyl (C=O) groups is 1. The van der Waals surface area contributed by atoms with Gasteiger partial charge in [0.05, 0.1) is 32.0 Å². The molecule has 0 bridgehead atoms. The second kappa shape index (κ2) is 26.1. The third-order valence-electron chi connectivity index (χ3n) is 9.06. The molecule has 9 N–H and O–H groups in total. The minimum Gasteiger partial charge on any atom is -0.394 e. The van der Waals surface area contributed by atoms with Crippen molar-refractivity contribution in [1.82, 2.24) is 5.32 Å².